The van der Waals surface area contributed by atoms with Crippen LogP contribution in [0.3, 0.4) is 0 Å². The van der Waals surface area contributed by atoms with Crippen molar-refractivity contribution < 1.29 is 18.0 Å². The molecule has 1 aromatic carbocycles. The van der Waals surface area contributed by atoms with Gasteiger partial charge in [0.2, 0.25) is 21.8 Å². The van der Waals surface area contributed by atoms with Crippen LogP contribution < -0.4 is 10.0 Å². The maximum absolute atomic E-state index is 12.6. The topological polar surface area (TPSA) is 98.8 Å². The summed E-state index contributed by atoms with van der Waals surface area (Å²) in [5.41, 5.74) is 0. The van der Waals surface area contributed by atoms with E-state index in [0.29, 0.717) is 32.4 Å². The number of carbonyl (C=O) groups excluding carboxylic acids is 2. The highest BCUT2D eigenvalue weighted by molar-refractivity contribution is 7.89. The number of amides is 2. The van der Waals surface area contributed by atoms with Crippen LogP contribution in [0.5, 0.6) is 0 Å². The number of nitrogens with zero attached hydrogens (tertiary/aromatic N) is 2. The molecule has 3 unspecified atom stereocenters. The monoisotopic (exact) mass is 420 g/mol. The zero-order valence-electron chi connectivity index (χ0n) is 16.4. The molecule has 4 rings (SSSR count). The summed E-state index contributed by atoms with van der Waals surface area (Å²) in [4.78, 5) is 28.9. The number of hydrogen-bond acceptors (Lipinski definition) is 5. The van der Waals surface area contributed by atoms with Crippen LogP contribution in [0.4, 0.5) is 0 Å². The number of carbonyl (C=O) groups is 2. The Labute approximate surface area is 171 Å². The van der Waals surface area contributed by atoms with Crippen molar-refractivity contribution in [3.05, 3.63) is 30.3 Å². The standard InChI is InChI=1S/C20H28N4O4S/c25-19(23-10-4-5-11-23)9-8-16-13-21-20(26)18-12-15(14-24(16)18)22-29(27,28)17-6-2-1-3-7-17/h1-3,6-7,15-16,18,22H,4-5,8-14H2,(H,21,26). The van der Waals surface area contributed by atoms with E-state index < -0.39 is 10.0 Å². The average molecular weight is 421 g/mol. The van der Waals surface area contributed by atoms with Gasteiger partial charge in [-0.05, 0) is 37.8 Å². The molecule has 0 radical (unpaired) electrons. The van der Waals surface area contributed by atoms with Crippen molar-refractivity contribution in [2.45, 2.75) is 55.1 Å². The number of likely N-dealkylation sites (tertiary alicyclic amines) is 1. The van der Waals surface area contributed by atoms with Crippen molar-refractivity contribution in [3.8, 4) is 0 Å². The molecule has 158 valence electrons. The first kappa shape index (κ1) is 20.3. The van der Waals surface area contributed by atoms with Crippen LogP contribution in [-0.2, 0) is 19.6 Å². The van der Waals surface area contributed by atoms with Crippen LogP contribution in [-0.4, -0.2) is 74.3 Å². The van der Waals surface area contributed by atoms with Crippen molar-refractivity contribution in [2.24, 2.45) is 0 Å². The lowest BCUT2D eigenvalue weighted by atomic mass is 10.0. The number of hydrogen-bond donors (Lipinski definition) is 2. The molecule has 0 bridgehead atoms. The van der Waals surface area contributed by atoms with Gasteiger partial charge >= 0.3 is 0 Å². The van der Waals surface area contributed by atoms with Gasteiger partial charge in [-0.3, -0.25) is 14.5 Å². The van der Waals surface area contributed by atoms with E-state index in [4.69, 9.17) is 0 Å². The lowest BCUT2D eigenvalue weighted by molar-refractivity contribution is -0.131. The molecule has 3 aliphatic rings. The quantitative estimate of drug-likeness (QED) is 0.690. The molecular weight excluding hydrogens is 392 g/mol. The molecule has 8 nitrogen and oxygen atoms in total. The van der Waals surface area contributed by atoms with Crippen LogP contribution in [0.2, 0.25) is 0 Å². The van der Waals surface area contributed by atoms with Gasteiger partial charge < -0.3 is 10.2 Å². The second-order valence-corrected chi connectivity index (χ2v) is 9.82. The normalized spacial score (nSPS) is 27.7. The van der Waals surface area contributed by atoms with Gasteiger partial charge in [-0.1, -0.05) is 18.2 Å². The van der Waals surface area contributed by atoms with Crippen molar-refractivity contribution in [1.82, 2.24) is 19.8 Å². The fourth-order valence-corrected chi connectivity index (χ4v) is 5.89. The Hall–Kier alpha value is -1.97. The minimum Gasteiger partial charge on any atom is -0.353 e. The SMILES string of the molecule is O=C1NCC(CCC(=O)N2CCCC2)N2CC(NS(=O)(=O)c3ccccc3)CC12. The van der Waals surface area contributed by atoms with Gasteiger partial charge in [0.1, 0.15) is 0 Å². The number of rotatable bonds is 6. The molecule has 1 aromatic rings. The Balaban J connectivity index is 1.38. The molecule has 3 fully saturated rings. The minimum absolute atomic E-state index is 0.0514. The average Bonchev–Trinajstić information content (AvgIpc) is 3.38. The maximum Gasteiger partial charge on any atom is 0.240 e. The Morgan fingerprint density at radius 2 is 1.90 bits per heavy atom. The summed E-state index contributed by atoms with van der Waals surface area (Å²) < 4.78 is 28.0. The summed E-state index contributed by atoms with van der Waals surface area (Å²) in [6, 6.07) is 7.64. The molecule has 3 saturated heterocycles. The summed E-state index contributed by atoms with van der Waals surface area (Å²) in [7, 11) is -3.63. The number of benzene rings is 1. The third-order valence-corrected chi connectivity index (χ3v) is 7.68. The summed E-state index contributed by atoms with van der Waals surface area (Å²) >= 11 is 0. The fraction of sp³-hybridized carbons (Fsp3) is 0.600. The zero-order valence-corrected chi connectivity index (χ0v) is 17.2. The van der Waals surface area contributed by atoms with Crippen LogP contribution in [0, 0.1) is 0 Å². The number of sulfonamides is 1. The molecule has 3 aliphatic heterocycles. The lowest BCUT2D eigenvalue weighted by Crippen LogP contribution is -2.58. The molecule has 0 aromatic heterocycles. The van der Waals surface area contributed by atoms with Crippen molar-refractivity contribution in [2.75, 3.05) is 26.2 Å². The van der Waals surface area contributed by atoms with Gasteiger partial charge in [0.25, 0.3) is 0 Å². The van der Waals surface area contributed by atoms with E-state index in [1.54, 1.807) is 30.3 Å². The van der Waals surface area contributed by atoms with Crippen LogP contribution in [0.1, 0.15) is 32.1 Å². The molecule has 2 amide bonds. The predicted molar refractivity (Wildman–Crippen MR) is 108 cm³/mol. The third kappa shape index (κ3) is 4.46. The molecule has 29 heavy (non-hydrogen) atoms. The van der Waals surface area contributed by atoms with Gasteiger partial charge in [-0.2, -0.15) is 0 Å². The van der Waals surface area contributed by atoms with Gasteiger partial charge in [0, 0.05) is 44.7 Å². The van der Waals surface area contributed by atoms with Crippen molar-refractivity contribution in [3.63, 3.8) is 0 Å². The molecular formula is C20H28N4O4S. The molecule has 0 aliphatic carbocycles. The van der Waals surface area contributed by atoms with E-state index >= 15 is 0 Å². The first-order chi connectivity index (χ1) is 13.9. The molecule has 9 heteroatoms. The number of piperazine rings is 1. The van der Waals surface area contributed by atoms with Crippen LogP contribution in [0.15, 0.2) is 35.2 Å². The van der Waals surface area contributed by atoms with E-state index in [9.17, 15) is 18.0 Å². The fourth-order valence-electron chi connectivity index (χ4n) is 4.63. The van der Waals surface area contributed by atoms with Gasteiger partial charge in [-0.15, -0.1) is 0 Å². The van der Waals surface area contributed by atoms with E-state index in [1.807, 2.05) is 4.90 Å². The van der Waals surface area contributed by atoms with Gasteiger partial charge in [0.15, 0.2) is 0 Å². The molecule has 0 saturated carbocycles. The largest absolute Gasteiger partial charge is 0.353 e. The van der Waals surface area contributed by atoms with E-state index in [1.165, 1.54) is 0 Å². The zero-order chi connectivity index (χ0) is 20.4. The smallest absolute Gasteiger partial charge is 0.240 e. The van der Waals surface area contributed by atoms with E-state index in [-0.39, 0.29) is 34.8 Å². The Morgan fingerprint density at radius 1 is 1.17 bits per heavy atom. The van der Waals surface area contributed by atoms with E-state index in [0.717, 1.165) is 25.9 Å². The third-order valence-electron chi connectivity index (χ3n) is 6.15. The summed E-state index contributed by atoms with van der Waals surface area (Å²) in [5.74, 6) is 0.116. The maximum atomic E-state index is 12.6. The lowest BCUT2D eigenvalue weighted by Gasteiger charge is -2.37. The molecule has 3 heterocycles. The Bertz CT molecular complexity index is 854. The summed E-state index contributed by atoms with van der Waals surface area (Å²) in [6.45, 7) is 2.67. The summed E-state index contributed by atoms with van der Waals surface area (Å²) in [5, 5.41) is 2.93. The Kier molecular flexibility index (Phi) is 5.89. The Morgan fingerprint density at radius 3 is 2.62 bits per heavy atom. The molecule has 2 N–H and O–H groups in total. The van der Waals surface area contributed by atoms with Gasteiger partial charge in [-0.25, -0.2) is 13.1 Å². The predicted octanol–water partition coefficient (Wildman–Crippen LogP) is 0.309. The highest BCUT2D eigenvalue weighted by Gasteiger charge is 2.44. The van der Waals surface area contributed by atoms with Crippen LogP contribution >= 0.6 is 0 Å². The highest BCUT2D eigenvalue weighted by atomic mass is 32.2. The van der Waals surface area contributed by atoms with Gasteiger partial charge in [0.05, 0.1) is 10.9 Å². The highest BCUT2D eigenvalue weighted by Crippen LogP contribution is 2.27. The molecule has 3 atom stereocenters. The number of nitrogens with one attached hydrogen (secondary N) is 2. The first-order valence-corrected chi connectivity index (χ1v) is 11.8. The minimum atomic E-state index is -3.63. The van der Waals surface area contributed by atoms with E-state index in [2.05, 4.69) is 14.9 Å². The van der Waals surface area contributed by atoms with Crippen molar-refractivity contribution >= 4 is 21.8 Å². The van der Waals surface area contributed by atoms with Crippen LogP contribution in [0.25, 0.3) is 0 Å². The second kappa shape index (κ2) is 8.41. The summed E-state index contributed by atoms with van der Waals surface area (Å²) in [6.07, 6.45) is 3.72. The van der Waals surface area contributed by atoms with Crippen molar-refractivity contribution in [1.29, 1.82) is 0 Å². The number of fused-ring (bicyclic) bond motifs is 1. The molecule has 0 spiro atoms. The first-order valence-electron chi connectivity index (χ1n) is 10.3. The second-order valence-electron chi connectivity index (χ2n) is 8.11.